The number of nitrogens with zero attached hydrogens (tertiary/aromatic N) is 2. The fourth-order valence-corrected chi connectivity index (χ4v) is 4.35. The number of carbonyl (C=O) groups excluding carboxylic acids is 1. The van der Waals surface area contributed by atoms with Gasteiger partial charge >= 0.3 is 12.1 Å². The predicted molar refractivity (Wildman–Crippen MR) is 103 cm³/mol. The van der Waals surface area contributed by atoms with Crippen LogP contribution in [0.4, 0.5) is 17.6 Å². The van der Waals surface area contributed by atoms with Gasteiger partial charge in [0.15, 0.2) is 0 Å². The van der Waals surface area contributed by atoms with Gasteiger partial charge in [0.05, 0.1) is 12.1 Å². The van der Waals surface area contributed by atoms with Crippen molar-refractivity contribution >= 4 is 11.9 Å². The zero-order chi connectivity index (χ0) is 22.8. The number of ether oxygens (including phenoxy) is 1. The largest absolute Gasteiger partial charge is 0.490 e. The van der Waals surface area contributed by atoms with Gasteiger partial charge in [-0.25, -0.2) is 9.18 Å². The highest BCUT2D eigenvalue weighted by Gasteiger charge is 2.46. The first-order valence-corrected chi connectivity index (χ1v) is 10.2. The Bertz CT molecular complexity index is 783. The number of amides is 1. The number of hydrogen-bond acceptors (Lipinski definition) is 4. The number of aliphatic carboxylic acids is 1. The van der Waals surface area contributed by atoms with E-state index in [0.29, 0.717) is 18.0 Å². The fraction of sp³-hybridized carbons (Fsp3) is 0.619. The third-order valence-electron chi connectivity index (χ3n) is 6.05. The second-order valence-electron chi connectivity index (χ2n) is 8.26. The van der Waals surface area contributed by atoms with Gasteiger partial charge in [0, 0.05) is 44.8 Å². The van der Waals surface area contributed by atoms with Gasteiger partial charge in [-0.05, 0) is 49.4 Å². The zero-order valence-corrected chi connectivity index (χ0v) is 17.1. The van der Waals surface area contributed by atoms with E-state index in [2.05, 4.69) is 4.90 Å². The van der Waals surface area contributed by atoms with Crippen LogP contribution in [0.15, 0.2) is 24.3 Å². The third kappa shape index (κ3) is 5.94. The molecule has 1 aromatic carbocycles. The third-order valence-corrected chi connectivity index (χ3v) is 6.05. The number of rotatable bonds is 4. The summed E-state index contributed by atoms with van der Waals surface area (Å²) < 4.78 is 50.6. The van der Waals surface area contributed by atoms with Crippen LogP contribution in [0.3, 0.4) is 0 Å². The molecule has 2 aliphatic heterocycles. The summed E-state index contributed by atoms with van der Waals surface area (Å²) in [5.41, 5.74) is 0.576. The maximum absolute atomic E-state index is 13.1. The van der Waals surface area contributed by atoms with Crippen molar-refractivity contribution in [1.82, 2.24) is 9.80 Å². The van der Waals surface area contributed by atoms with Crippen LogP contribution in [0, 0.1) is 17.7 Å². The van der Waals surface area contributed by atoms with Crippen molar-refractivity contribution in [3.05, 3.63) is 35.6 Å². The molecule has 1 N–H and O–H groups in total. The summed E-state index contributed by atoms with van der Waals surface area (Å²) in [6.45, 7) is 3.83. The molecule has 6 nitrogen and oxygen atoms in total. The van der Waals surface area contributed by atoms with E-state index in [4.69, 9.17) is 14.6 Å². The van der Waals surface area contributed by atoms with Crippen molar-refractivity contribution in [2.24, 2.45) is 11.8 Å². The van der Waals surface area contributed by atoms with Crippen molar-refractivity contribution in [2.75, 3.05) is 33.3 Å². The summed E-state index contributed by atoms with van der Waals surface area (Å²) in [5, 5.41) is 7.12. The fourth-order valence-electron chi connectivity index (χ4n) is 4.35. The predicted octanol–water partition coefficient (Wildman–Crippen LogP) is 3.03. The molecule has 1 aromatic rings. The first-order chi connectivity index (χ1) is 14.6. The normalized spacial score (nSPS) is 26.1. The Kier molecular flexibility index (Phi) is 7.20. The lowest BCUT2D eigenvalue weighted by Gasteiger charge is -2.41. The lowest BCUT2D eigenvalue weighted by atomic mass is 9.88. The maximum Gasteiger partial charge on any atom is 0.490 e. The molecule has 3 atom stereocenters. The Morgan fingerprint density at radius 1 is 1.13 bits per heavy atom. The van der Waals surface area contributed by atoms with E-state index in [1.807, 2.05) is 4.90 Å². The van der Waals surface area contributed by atoms with Gasteiger partial charge in [-0.2, -0.15) is 13.2 Å². The standard InChI is InChI=1S/C19H25FN2O2.C2HF3O2/c1-24-18-8-9-22(19(23)14-4-6-15(20)7-5-14)17-12-21(11-16(17)18)10-13-2-3-13;3-2(4,5)1(6)7/h4-7,13,16-18H,2-3,8-12H2,1H3;(H,6,7)/t16-,17+,18-;/m0./s1. The smallest absolute Gasteiger partial charge is 0.475 e. The van der Waals surface area contributed by atoms with Gasteiger partial charge in [0.2, 0.25) is 0 Å². The molecule has 31 heavy (non-hydrogen) atoms. The Labute approximate surface area is 177 Å². The molecule has 0 aromatic heterocycles. The van der Waals surface area contributed by atoms with E-state index in [9.17, 15) is 22.4 Å². The number of piperidine rings is 1. The number of benzene rings is 1. The van der Waals surface area contributed by atoms with Crippen molar-refractivity contribution in [1.29, 1.82) is 0 Å². The molecule has 0 bridgehead atoms. The first kappa shape index (κ1) is 23.5. The molecule has 1 amide bonds. The van der Waals surface area contributed by atoms with Crippen LogP contribution in [-0.4, -0.2) is 78.4 Å². The lowest BCUT2D eigenvalue weighted by Crippen LogP contribution is -2.53. The monoisotopic (exact) mass is 446 g/mol. The second kappa shape index (κ2) is 9.52. The average molecular weight is 446 g/mol. The number of halogens is 4. The molecular weight excluding hydrogens is 420 g/mol. The van der Waals surface area contributed by atoms with E-state index < -0.39 is 12.1 Å². The van der Waals surface area contributed by atoms with Crippen molar-refractivity contribution in [2.45, 2.75) is 37.6 Å². The van der Waals surface area contributed by atoms with Crippen LogP contribution in [0.2, 0.25) is 0 Å². The molecule has 3 aliphatic rings. The maximum atomic E-state index is 13.1. The highest BCUT2D eigenvalue weighted by molar-refractivity contribution is 5.94. The highest BCUT2D eigenvalue weighted by Crippen LogP contribution is 2.36. The van der Waals surface area contributed by atoms with Gasteiger partial charge in [0.25, 0.3) is 5.91 Å². The summed E-state index contributed by atoms with van der Waals surface area (Å²) in [6.07, 6.45) is -1.28. The van der Waals surface area contributed by atoms with Gasteiger partial charge in [-0.15, -0.1) is 0 Å². The Morgan fingerprint density at radius 3 is 2.26 bits per heavy atom. The van der Waals surface area contributed by atoms with Gasteiger partial charge < -0.3 is 19.6 Å². The topological polar surface area (TPSA) is 70.1 Å². The van der Waals surface area contributed by atoms with Crippen LogP contribution in [0.1, 0.15) is 29.6 Å². The molecule has 0 spiro atoms. The molecule has 2 saturated heterocycles. The van der Waals surface area contributed by atoms with Gasteiger partial charge in [0.1, 0.15) is 5.82 Å². The van der Waals surface area contributed by atoms with E-state index in [0.717, 1.165) is 32.0 Å². The van der Waals surface area contributed by atoms with Crippen molar-refractivity contribution in [3.63, 3.8) is 0 Å². The van der Waals surface area contributed by atoms with E-state index in [1.165, 1.54) is 25.0 Å². The molecule has 4 rings (SSSR count). The average Bonchev–Trinajstić information content (AvgIpc) is 3.42. The molecule has 10 heteroatoms. The molecular formula is C21H26F4N2O4. The van der Waals surface area contributed by atoms with Gasteiger partial charge in [-0.3, -0.25) is 4.79 Å². The van der Waals surface area contributed by atoms with Crippen LogP contribution < -0.4 is 0 Å². The summed E-state index contributed by atoms with van der Waals surface area (Å²) in [4.78, 5) is 26.3. The Morgan fingerprint density at radius 2 is 1.74 bits per heavy atom. The first-order valence-electron chi connectivity index (χ1n) is 10.2. The van der Waals surface area contributed by atoms with Crippen LogP contribution in [0.25, 0.3) is 0 Å². The van der Waals surface area contributed by atoms with Crippen molar-refractivity contribution in [3.8, 4) is 0 Å². The Balaban J connectivity index is 0.000000339. The number of hydrogen-bond donors (Lipinski definition) is 1. The molecule has 1 aliphatic carbocycles. The number of methoxy groups -OCH3 is 1. The number of likely N-dealkylation sites (tertiary alicyclic amines) is 2. The number of carboxylic acid groups (broad SMARTS) is 1. The SMILES string of the molecule is CO[C@H]1CCN(C(=O)c2ccc(F)cc2)[C@@H]2CN(CC3CC3)C[C@H]12.O=C(O)C(F)(F)F. The quantitative estimate of drug-likeness (QED) is 0.721. The molecule has 0 unspecified atom stereocenters. The summed E-state index contributed by atoms with van der Waals surface area (Å²) in [6, 6.07) is 6.11. The van der Waals surface area contributed by atoms with Gasteiger partial charge in [-0.1, -0.05) is 0 Å². The molecule has 3 fully saturated rings. The van der Waals surface area contributed by atoms with Crippen LogP contribution >= 0.6 is 0 Å². The summed E-state index contributed by atoms with van der Waals surface area (Å²) in [5.74, 6) is -1.81. The molecule has 2 heterocycles. The zero-order valence-electron chi connectivity index (χ0n) is 17.1. The molecule has 172 valence electrons. The van der Waals surface area contributed by atoms with Crippen molar-refractivity contribution < 1.29 is 37.0 Å². The summed E-state index contributed by atoms with van der Waals surface area (Å²) in [7, 11) is 1.78. The van der Waals surface area contributed by atoms with Crippen LogP contribution in [-0.2, 0) is 9.53 Å². The molecule has 1 saturated carbocycles. The van der Waals surface area contributed by atoms with Crippen LogP contribution in [0.5, 0.6) is 0 Å². The van der Waals surface area contributed by atoms with E-state index in [-0.39, 0.29) is 23.9 Å². The van der Waals surface area contributed by atoms with E-state index >= 15 is 0 Å². The van der Waals surface area contributed by atoms with E-state index in [1.54, 1.807) is 19.2 Å². The summed E-state index contributed by atoms with van der Waals surface area (Å²) >= 11 is 0. The Hall–Kier alpha value is -2.20. The number of carboxylic acids is 1. The number of fused-ring (bicyclic) bond motifs is 1. The second-order valence-corrected chi connectivity index (χ2v) is 8.26. The minimum Gasteiger partial charge on any atom is -0.475 e. The minimum atomic E-state index is -5.08. The minimum absolute atomic E-state index is 0.0211. The lowest BCUT2D eigenvalue weighted by molar-refractivity contribution is -0.192. The number of carbonyl (C=O) groups is 2. The number of alkyl halides is 3. The highest BCUT2D eigenvalue weighted by atomic mass is 19.4. The molecule has 0 radical (unpaired) electrons.